The molecule has 16 heavy (non-hydrogen) atoms. The van der Waals surface area contributed by atoms with Crippen LogP contribution in [-0.2, 0) is 12.8 Å². The molecule has 3 rings (SSSR count). The largest absolute Gasteiger partial charge is 0.497 e. The fourth-order valence-electron chi connectivity index (χ4n) is 2.60. The van der Waals surface area contributed by atoms with Crippen LogP contribution in [0.4, 0.5) is 0 Å². The van der Waals surface area contributed by atoms with E-state index in [1.807, 2.05) is 0 Å². The van der Waals surface area contributed by atoms with Crippen LogP contribution >= 0.6 is 15.9 Å². The van der Waals surface area contributed by atoms with Crippen molar-refractivity contribution in [2.45, 2.75) is 19.3 Å². The standard InChI is InChI=1S/C14H13BrO/c1-16-11-7-10-6-5-9-3-2-4-12(9)14(10)13(15)8-11/h5-8H,2-4H2,1H3. The average molecular weight is 277 g/mol. The normalized spacial score (nSPS) is 14.1. The number of hydrogen-bond acceptors (Lipinski definition) is 1. The van der Waals surface area contributed by atoms with E-state index in [0.29, 0.717) is 0 Å². The first-order valence-electron chi connectivity index (χ1n) is 5.57. The molecule has 0 saturated heterocycles. The topological polar surface area (TPSA) is 9.23 Å². The quantitative estimate of drug-likeness (QED) is 0.762. The van der Waals surface area contributed by atoms with Crippen molar-refractivity contribution in [2.75, 3.05) is 7.11 Å². The molecule has 0 atom stereocenters. The van der Waals surface area contributed by atoms with Gasteiger partial charge in [-0.3, -0.25) is 0 Å². The Kier molecular flexibility index (Phi) is 2.40. The van der Waals surface area contributed by atoms with Crippen LogP contribution in [0.5, 0.6) is 5.75 Å². The van der Waals surface area contributed by atoms with E-state index in [4.69, 9.17) is 4.74 Å². The second-order valence-electron chi connectivity index (χ2n) is 4.26. The van der Waals surface area contributed by atoms with Crippen LogP contribution in [0.25, 0.3) is 10.8 Å². The monoisotopic (exact) mass is 276 g/mol. The Morgan fingerprint density at radius 1 is 1.19 bits per heavy atom. The van der Waals surface area contributed by atoms with Crippen LogP contribution < -0.4 is 4.74 Å². The smallest absolute Gasteiger partial charge is 0.120 e. The summed E-state index contributed by atoms with van der Waals surface area (Å²) >= 11 is 3.66. The van der Waals surface area contributed by atoms with E-state index in [2.05, 4.69) is 40.2 Å². The Balaban J connectivity index is 2.36. The van der Waals surface area contributed by atoms with Crippen molar-refractivity contribution in [3.63, 3.8) is 0 Å². The highest BCUT2D eigenvalue weighted by Gasteiger charge is 2.16. The highest BCUT2D eigenvalue weighted by Crippen LogP contribution is 2.36. The second-order valence-corrected chi connectivity index (χ2v) is 5.12. The molecule has 2 aromatic carbocycles. The molecule has 0 radical (unpaired) electrons. The first-order valence-corrected chi connectivity index (χ1v) is 6.37. The predicted octanol–water partition coefficient (Wildman–Crippen LogP) is 4.10. The lowest BCUT2D eigenvalue weighted by molar-refractivity contribution is 0.415. The van der Waals surface area contributed by atoms with Gasteiger partial charge in [-0.15, -0.1) is 0 Å². The Morgan fingerprint density at radius 2 is 2.06 bits per heavy atom. The zero-order valence-electron chi connectivity index (χ0n) is 9.22. The first-order chi connectivity index (χ1) is 7.79. The average Bonchev–Trinajstić information content (AvgIpc) is 2.76. The van der Waals surface area contributed by atoms with Gasteiger partial charge >= 0.3 is 0 Å². The van der Waals surface area contributed by atoms with E-state index in [1.165, 1.54) is 41.2 Å². The molecule has 0 aromatic heterocycles. The van der Waals surface area contributed by atoms with Crippen molar-refractivity contribution >= 4 is 26.7 Å². The third kappa shape index (κ3) is 1.44. The highest BCUT2D eigenvalue weighted by atomic mass is 79.9. The van der Waals surface area contributed by atoms with Crippen LogP contribution in [0.1, 0.15) is 17.5 Å². The van der Waals surface area contributed by atoms with E-state index in [0.717, 1.165) is 10.2 Å². The summed E-state index contributed by atoms with van der Waals surface area (Å²) in [6, 6.07) is 8.63. The van der Waals surface area contributed by atoms with Crippen molar-refractivity contribution in [3.8, 4) is 5.75 Å². The maximum absolute atomic E-state index is 5.29. The van der Waals surface area contributed by atoms with Gasteiger partial charge in [-0.05, 0) is 53.3 Å². The van der Waals surface area contributed by atoms with Crippen LogP contribution in [0.3, 0.4) is 0 Å². The van der Waals surface area contributed by atoms with Crippen LogP contribution in [-0.4, -0.2) is 7.11 Å². The summed E-state index contributed by atoms with van der Waals surface area (Å²) in [6.07, 6.45) is 3.72. The van der Waals surface area contributed by atoms with Gasteiger partial charge in [-0.2, -0.15) is 0 Å². The maximum Gasteiger partial charge on any atom is 0.120 e. The van der Waals surface area contributed by atoms with Gasteiger partial charge in [0.15, 0.2) is 0 Å². The minimum atomic E-state index is 0.914. The van der Waals surface area contributed by atoms with E-state index in [9.17, 15) is 0 Å². The van der Waals surface area contributed by atoms with E-state index < -0.39 is 0 Å². The molecule has 0 bridgehead atoms. The molecule has 0 saturated carbocycles. The van der Waals surface area contributed by atoms with Gasteiger partial charge in [-0.1, -0.05) is 28.1 Å². The third-order valence-corrected chi connectivity index (χ3v) is 3.98. The minimum absolute atomic E-state index is 0.914. The molecule has 0 heterocycles. The molecule has 1 aliphatic carbocycles. The molecular weight excluding hydrogens is 264 g/mol. The summed E-state index contributed by atoms with van der Waals surface area (Å²) in [6.45, 7) is 0. The molecule has 1 aliphatic rings. The van der Waals surface area contributed by atoms with Gasteiger partial charge in [0.05, 0.1) is 7.11 Å². The van der Waals surface area contributed by atoms with Crippen LogP contribution in [0.2, 0.25) is 0 Å². The Bertz CT molecular complexity index is 560. The van der Waals surface area contributed by atoms with Crippen molar-refractivity contribution in [1.29, 1.82) is 0 Å². The van der Waals surface area contributed by atoms with E-state index in [-0.39, 0.29) is 0 Å². The van der Waals surface area contributed by atoms with Gasteiger partial charge in [0.25, 0.3) is 0 Å². The number of aryl methyl sites for hydroxylation is 2. The Hall–Kier alpha value is -1.02. The Morgan fingerprint density at radius 3 is 2.88 bits per heavy atom. The minimum Gasteiger partial charge on any atom is -0.497 e. The van der Waals surface area contributed by atoms with Gasteiger partial charge in [0, 0.05) is 4.47 Å². The molecule has 0 amide bonds. The molecule has 2 aromatic rings. The summed E-state index contributed by atoms with van der Waals surface area (Å²) in [7, 11) is 1.71. The predicted molar refractivity (Wildman–Crippen MR) is 70.2 cm³/mol. The lowest BCUT2D eigenvalue weighted by atomic mass is 10.0. The van der Waals surface area contributed by atoms with Crippen molar-refractivity contribution < 1.29 is 4.74 Å². The first kappa shape index (κ1) is 10.2. The van der Waals surface area contributed by atoms with Gasteiger partial charge < -0.3 is 4.74 Å². The summed E-state index contributed by atoms with van der Waals surface area (Å²) in [5.41, 5.74) is 3.03. The van der Waals surface area contributed by atoms with E-state index >= 15 is 0 Å². The lowest BCUT2D eigenvalue weighted by Gasteiger charge is -2.09. The van der Waals surface area contributed by atoms with Gasteiger partial charge in [0.2, 0.25) is 0 Å². The van der Waals surface area contributed by atoms with Gasteiger partial charge in [0.1, 0.15) is 5.75 Å². The van der Waals surface area contributed by atoms with Crippen molar-refractivity contribution in [3.05, 3.63) is 39.9 Å². The second kappa shape index (κ2) is 3.77. The molecule has 2 heteroatoms. The molecule has 0 spiro atoms. The van der Waals surface area contributed by atoms with E-state index in [1.54, 1.807) is 7.11 Å². The number of rotatable bonds is 1. The molecular formula is C14H13BrO. The third-order valence-electron chi connectivity index (χ3n) is 3.36. The SMILES string of the molecule is COc1cc(Br)c2c3c(ccc2c1)CCC3. The molecule has 0 aliphatic heterocycles. The van der Waals surface area contributed by atoms with Gasteiger partial charge in [-0.25, -0.2) is 0 Å². The zero-order valence-corrected chi connectivity index (χ0v) is 10.8. The molecule has 0 fully saturated rings. The summed E-state index contributed by atoms with van der Waals surface area (Å²) in [5, 5.41) is 2.64. The fourth-order valence-corrected chi connectivity index (χ4v) is 3.29. The molecule has 1 nitrogen and oxygen atoms in total. The number of halogens is 1. The van der Waals surface area contributed by atoms with Crippen LogP contribution in [0.15, 0.2) is 28.7 Å². The summed E-state index contributed by atoms with van der Waals surface area (Å²) in [4.78, 5) is 0. The van der Waals surface area contributed by atoms with Crippen LogP contribution in [0, 0.1) is 0 Å². The number of ether oxygens (including phenoxy) is 1. The molecule has 82 valence electrons. The Labute approximate surface area is 104 Å². The number of methoxy groups -OCH3 is 1. The summed E-state index contributed by atoms with van der Waals surface area (Å²) < 4.78 is 6.45. The lowest BCUT2D eigenvalue weighted by Crippen LogP contribution is -1.89. The number of hydrogen-bond donors (Lipinski definition) is 0. The maximum atomic E-state index is 5.29. The highest BCUT2D eigenvalue weighted by molar-refractivity contribution is 9.10. The molecule has 0 N–H and O–H groups in total. The zero-order chi connectivity index (χ0) is 11.1. The van der Waals surface area contributed by atoms with Crippen molar-refractivity contribution in [2.24, 2.45) is 0 Å². The molecule has 0 unspecified atom stereocenters. The number of benzene rings is 2. The fraction of sp³-hybridized carbons (Fsp3) is 0.286. The van der Waals surface area contributed by atoms with Crippen molar-refractivity contribution in [1.82, 2.24) is 0 Å². The number of fused-ring (bicyclic) bond motifs is 3. The summed E-state index contributed by atoms with van der Waals surface area (Å²) in [5.74, 6) is 0.914.